The van der Waals surface area contributed by atoms with Gasteiger partial charge in [0.2, 0.25) is 0 Å². The molecule has 0 amide bonds. The molecule has 1 N–H and O–H groups in total. The molecule has 0 saturated heterocycles. The van der Waals surface area contributed by atoms with Crippen LogP contribution < -0.4 is 5.32 Å². The molecule has 0 bridgehead atoms. The molecule has 1 aliphatic rings. The summed E-state index contributed by atoms with van der Waals surface area (Å²) in [5.41, 5.74) is 2.62. The van der Waals surface area contributed by atoms with Gasteiger partial charge in [0.1, 0.15) is 0 Å². The summed E-state index contributed by atoms with van der Waals surface area (Å²) in [6.07, 6.45) is 5.64. The smallest absolute Gasteiger partial charge is 0.0745 e. The van der Waals surface area contributed by atoms with E-state index >= 15 is 0 Å². The lowest BCUT2D eigenvalue weighted by molar-refractivity contribution is 0.653. The highest BCUT2D eigenvalue weighted by atomic mass is 32.2. The van der Waals surface area contributed by atoms with Gasteiger partial charge in [-0.25, -0.2) is 0 Å². The van der Waals surface area contributed by atoms with E-state index in [-0.39, 0.29) is 0 Å². The first kappa shape index (κ1) is 17.0. The van der Waals surface area contributed by atoms with Crippen molar-refractivity contribution in [1.82, 2.24) is 5.32 Å². The lowest BCUT2D eigenvalue weighted by atomic mass is 10.0. The average molecular weight is 266 g/mol. The van der Waals surface area contributed by atoms with E-state index in [1.165, 1.54) is 24.1 Å². The molecule has 1 aliphatic heterocycles. The van der Waals surface area contributed by atoms with Crippen molar-refractivity contribution in [3.05, 3.63) is 36.0 Å². The van der Waals surface area contributed by atoms with Crippen LogP contribution in [-0.2, 0) is 0 Å². The van der Waals surface area contributed by atoms with Crippen LogP contribution in [0.3, 0.4) is 0 Å². The van der Waals surface area contributed by atoms with Crippen molar-refractivity contribution in [2.75, 3.05) is 0 Å². The summed E-state index contributed by atoms with van der Waals surface area (Å²) in [6, 6.07) is 0.387. The molecule has 0 aromatic heterocycles. The minimum atomic E-state index is 0.387. The van der Waals surface area contributed by atoms with Gasteiger partial charge in [0.05, 0.1) is 5.04 Å². The van der Waals surface area contributed by atoms with E-state index in [2.05, 4.69) is 56.6 Å². The van der Waals surface area contributed by atoms with Crippen molar-refractivity contribution in [1.29, 1.82) is 0 Å². The highest BCUT2D eigenvalue weighted by molar-refractivity contribution is 8.16. The number of hydrogen-bond donors (Lipinski definition) is 1. The van der Waals surface area contributed by atoms with Crippen molar-refractivity contribution in [2.24, 2.45) is 4.99 Å². The van der Waals surface area contributed by atoms with E-state index in [0.29, 0.717) is 6.04 Å². The molecule has 18 heavy (non-hydrogen) atoms. The van der Waals surface area contributed by atoms with Crippen LogP contribution in [0.25, 0.3) is 0 Å². The van der Waals surface area contributed by atoms with Crippen LogP contribution in [0.4, 0.5) is 0 Å². The summed E-state index contributed by atoms with van der Waals surface area (Å²) < 4.78 is 0. The topological polar surface area (TPSA) is 24.4 Å². The fourth-order valence-electron chi connectivity index (χ4n) is 1.83. The van der Waals surface area contributed by atoms with Gasteiger partial charge in [0.25, 0.3) is 0 Å². The molecule has 1 unspecified atom stereocenters. The first-order chi connectivity index (χ1) is 8.65. The van der Waals surface area contributed by atoms with Crippen LogP contribution >= 0.6 is 11.8 Å². The lowest BCUT2D eigenvalue weighted by Gasteiger charge is -2.17. The Labute approximate surface area is 116 Å². The molecular weight excluding hydrogens is 240 g/mol. The van der Waals surface area contributed by atoms with Gasteiger partial charge in [-0.15, -0.1) is 13.2 Å². The highest BCUT2D eigenvalue weighted by Crippen LogP contribution is 2.21. The molecule has 0 aromatic carbocycles. The summed E-state index contributed by atoms with van der Waals surface area (Å²) >= 11 is 1.67. The number of allylic oxidation sites excluding steroid dienone is 1. The van der Waals surface area contributed by atoms with Crippen LogP contribution in [0, 0.1) is 0 Å². The van der Waals surface area contributed by atoms with Crippen LogP contribution in [0.5, 0.6) is 0 Å². The molecular formula is C15H26N2S. The zero-order chi connectivity index (χ0) is 14.0. The second kappa shape index (κ2) is 10.0. The second-order valence-electron chi connectivity index (χ2n) is 4.15. The van der Waals surface area contributed by atoms with Crippen molar-refractivity contribution in [2.45, 2.75) is 53.0 Å². The molecule has 0 aliphatic carbocycles. The average Bonchev–Trinajstić information content (AvgIpc) is 2.42. The molecule has 1 rings (SSSR count). The van der Waals surface area contributed by atoms with Crippen molar-refractivity contribution >= 4 is 16.8 Å². The van der Waals surface area contributed by atoms with E-state index in [1.54, 1.807) is 11.8 Å². The van der Waals surface area contributed by atoms with Crippen LogP contribution in [-0.4, -0.2) is 11.1 Å². The summed E-state index contributed by atoms with van der Waals surface area (Å²) in [5.74, 6) is 0. The standard InChI is InChI=1S/C13H22N2S.C2H4/c1-5-6-7-13-10(2)14-8-9-16-12(4)15-11(13)3;1-2/h8-10,14H,5-7H2,1-4H3;1-2H2/b9-8-,13-11-,15-12?;. The van der Waals surface area contributed by atoms with Crippen LogP contribution in [0.2, 0.25) is 0 Å². The highest BCUT2D eigenvalue weighted by Gasteiger charge is 2.11. The van der Waals surface area contributed by atoms with Gasteiger partial charge >= 0.3 is 0 Å². The van der Waals surface area contributed by atoms with Crippen molar-refractivity contribution < 1.29 is 0 Å². The molecule has 1 heterocycles. The first-order valence-corrected chi connectivity index (χ1v) is 7.35. The number of thioether (sulfide) groups is 1. The Hall–Kier alpha value is -0.960. The number of unbranched alkanes of at least 4 members (excludes halogenated alkanes) is 1. The molecule has 1 atom stereocenters. The molecule has 0 aromatic rings. The zero-order valence-electron chi connectivity index (χ0n) is 12.1. The van der Waals surface area contributed by atoms with Gasteiger partial charge in [0.15, 0.2) is 0 Å². The van der Waals surface area contributed by atoms with E-state index in [9.17, 15) is 0 Å². The Kier molecular flexibility index (Phi) is 9.47. The Bertz CT molecular complexity index is 329. The van der Waals surface area contributed by atoms with Gasteiger partial charge in [-0.2, -0.15) is 0 Å². The number of nitrogens with one attached hydrogen (secondary N) is 1. The Morgan fingerprint density at radius 3 is 2.67 bits per heavy atom. The summed E-state index contributed by atoms with van der Waals surface area (Å²) in [4.78, 5) is 4.65. The fraction of sp³-hybridized carbons (Fsp3) is 0.533. The number of aliphatic imine (C=N–C) groups is 1. The van der Waals surface area contributed by atoms with Crippen molar-refractivity contribution in [3.8, 4) is 0 Å². The summed E-state index contributed by atoms with van der Waals surface area (Å²) in [6.45, 7) is 14.6. The van der Waals surface area contributed by atoms with E-state index < -0.39 is 0 Å². The third-order valence-corrected chi connectivity index (χ3v) is 3.47. The molecule has 0 saturated carbocycles. The quantitative estimate of drug-likeness (QED) is 0.737. The molecule has 102 valence electrons. The van der Waals surface area contributed by atoms with Gasteiger partial charge in [-0.05, 0) is 44.6 Å². The molecule has 2 nitrogen and oxygen atoms in total. The molecule has 3 heteroatoms. The first-order valence-electron chi connectivity index (χ1n) is 6.47. The Morgan fingerprint density at radius 2 is 2.06 bits per heavy atom. The van der Waals surface area contributed by atoms with Crippen molar-refractivity contribution in [3.63, 3.8) is 0 Å². The maximum Gasteiger partial charge on any atom is 0.0745 e. The lowest BCUT2D eigenvalue weighted by Crippen LogP contribution is -2.23. The van der Waals surface area contributed by atoms with Gasteiger partial charge < -0.3 is 5.32 Å². The molecule has 0 spiro atoms. The fourth-order valence-corrected chi connectivity index (χ4v) is 2.36. The third-order valence-electron chi connectivity index (χ3n) is 2.77. The number of nitrogens with zero attached hydrogens (tertiary/aromatic N) is 1. The van der Waals surface area contributed by atoms with Gasteiger partial charge in [-0.1, -0.05) is 25.1 Å². The maximum atomic E-state index is 4.65. The zero-order valence-corrected chi connectivity index (χ0v) is 12.9. The minimum absolute atomic E-state index is 0.387. The molecule has 0 fully saturated rings. The number of rotatable bonds is 3. The summed E-state index contributed by atoms with van der Waals surface area (Å²) in [7, 11) is 0. The predicted molar refractivity (Wildman–Crippen MR) is 85.9 cm³/mol. The SMILES string of the molecule is C=C.CCCC/C1=C(\C)N=C(C)S/C=C\NC1C. The maximum absolute atomic E-state index is 4.65. The molecule has 0 radical (unpaired) electrons. The van der Waals surface area contributed by atoms with Gasteiger partial charge in [0, 0.05) is 17.9 Å². The van der Waals surface area contributed by atoms with Gasteiger partial charge in [-0.3, -0.25) is 4.99 Å². The summed E-state index contributed by atoms with van der Waals surface area (Å²) in [5, 5.41) is 6.57. The Morgan fingerprint density at radius 1 is 1.39 bits per heavy atom. The van der Waals surface area contributed by atoms with E-state index in [0.717, 1.165) is 11.5 Å². The minimum Gasteiger partial charge on any atom is -0.384 e. The third kappa shape index (κ3) is 6.10. The van der Waals surface area contributed by atoms with E-state index in [1.807, 2.05) is 6.20 Å². The van der Waals surface area contributed by atoms with Crippen LogP contribution in [0.15, 0.2) is 41.0 Å². The number of hydrogen-bond acceptors (Lipinski definition) is 3. The van der Waals surface area contributed by atoms with E-state index in [4.69, 9.17) is 0 Å². The largest absolute Gasteiger partial charge is 0.384 e. The monoisotopic (exact) mass is 266 g/mol. The predicted octanol–water partition coefficient (Wildman–Crippen LogP) is 4.87. The normalized spacial score (nSPS) is 25.6. The second-order valence-corrected chi connectivity index (χ2v) is 5.25. The Balaban J connectivity index is 0.00000137. The van der Waals surface area contributed by atoms with Crippen LogP contribution in [0.1, 0.15) is 47.0 Å².